The number of nitrogens with two attached hydrogens (primary N) is 1. The Kier molecular flexibility index (Phi) is 7.39. The van der Waals surface area contributed by atoms with Crippen molar-refractivity contribution in [1.29, 1.82) is 0 Å². The summed E-state index contributed by atoms with van der Waals surface area (Å²) in [7, 11) is 0. The minimum Gasteiger partial charge on any atom is -0.490 e. The number of nitrogens with one attached hydrogen (secondary N) is 1. The van der Waals surface area contributed by atoms with Gasteiger partial charge >= 0.3 is 6.09 Å². The summed E-state index contributed by atoms with van der Waals surface area (Å²) < 4.78 is 11.6. The number of oxime groups is 1. The number of aromatic amines is 1. The molecular formula is C25H31N5O4S. The number of carbonyl (C=O) groups is 1. The van der Waals surface area contributed by atoms with Crippen molar-refractivity contribution in [2.24, 2.45) is 10.9 Å². The minimum atomic E-state index is -0.484. The highest BCUT2D eigenvalue weighted by atomic mass is 32.2. The lowest BCUT2D eigenvalue weighted by molar-refractivity contribution is 0.0126. The fourth-order valence-electron chi connectivity index (χ4n) is 3.76. The number of hydrogen-bond donors (Lipinski definition) is 3. The standard InChI is InChI=1S/C25H31N5O4S/c1-25(2,3)34-24(31)30-12-10-19(11-13-30)33-18-7-4-16(5-8-18)15-35-23-27-20-9-6-17(22(26)29-32)14-21(20)28-23/h4-9,14,19,32H,10-13,15H2,1-3H3,(H2,26,29)(H,27,28). The van der Waals surface area contributed by atoms with Crippen molar-refractivity contribution in [3.8, 4) is 5.75 Å². The van der Waals surface area contributed by atoms with Crippen LogP contribution >= 0.6 is 11.8 Å². The van der Waals surface area contributed by atoms with Crippen LogP contribution in [0.2, 0.25) is 0 Å². The summed E-state index contributed by atoms with van der Waals surface area (Å²) >= 11 is 1.60. The zero-order valence-electron chi connectivity index (χ0n) is 20.2. The number of amides is 1. The van der Waals surface area contributed by atoms with Gasteiger partial charge in [-0.05, 0) is 56.7 Å². The summed E-state index contributed by atoms with van der Waals surface area (Å²) in [4.78, 5) is 21.8. The molecule has 2 aromatic carbocycles. The van der Waals surface area contributed by atoms with Gasteiger partial charge in [0.1, 0.15) is 17.5 Å². The van der Waals surface area contributed by atoms with Crippen LogP contribution in [-0.2, 0) is 10.5 Å². The Bertz CT molecular complexity index is 1190. The number of nitrogens with zero attached hydrogens (tertiary/aromatic N) is 3. The molecule has 4 N–H and O–H groups in total. The van der Waals surface area contributed by atoms with E-state index >= 15 is 0 Å². The first-order chi connectivity index (χ1) is 16.7. The van der Waals surface area contributed by atoms with E-state index in [1.165, 1.54) is 0 Å². The monoisotopic (exact) mass is 497 g/mol. The molecule has 3 aromatic rings. The van der Waals surface area contributed by atoms with E-state index in [2.05, 4.69) is 27.3 Å². The average Bonchev–Trinajstić information content (AvgIpc) is 3.24. The molecule has 1 saturated heterocycles. The molecule has 1 aliphatic heterocycles. The summed E-state index contributed by atoms with van der Waals surface area (Å²) in [5.41, 5.74) is 8.62. The van der Waals surface area contributed by atoms with Crippen LogP contribution in [0.15, 0.2) is 52.8 Å². The number of rotatable bonds is 6. The zero-order chi connectivity index (χ0) is 25.0. The van der Waals surface area contributed by atoms with E-state index < -0.39 is 5.60 Å². The zero-order valence-corrected chi connectivity index (χ0v) is 21.0. The van der Waals surface area contributed by atoms with Crippen LogP contribution in [0, 0.1) is 0 Å². The number of amidine groups is 1. The molecule has 35 heavy (non-hydrogen) atoms. The number of imidazole rings is 1. The van der Waals surface area contributed by atoms with Gasteiger partial charge in [0.05, 0.1) is 11.0 Å². The number of ether oxygens (including phenoxy) is 2. The molecule has 2 heterocycles. The number of likely N-dealkylation sites (tertiary alicyclic amines) is 1. The summed E-state index contributed by atoms with van der Waals surface area (Å²) in [5.74, 6) is 1.64. The molecule has 0 radical (unpaired) electrons. The fourth-order valence-corrected chi connectivity index (χ4v) is 4.60. The van der Waals surface area contributed by atoms with E-state index in [1.54, 1.807) is 22.7 Å². The van der Waals surface area contributed by atoms with Gasteiger partial charge in [-0.3, -0.25) is 0 Å². The maximum Gasteiger partial charge on any atom is 0.410 e. The highest BCUT2D eigenvalue weighted by Crippen LogP contribution is 2.26. The van der Waals surface area contributed by atoms with Crippen LogP contribution in [0.25, 0.3) is 11.0 Å². The Morgan fingerprint density at radius 3 is 2.60 bits per heavy atom. The van der Waals surface area contributed by atoms with Gasteiger partial charge in [0.2, 0.25) is 0 Å². The number of piperidine rings is 1. The van der Waals surface area contributed by atoms with E-state index in [1.807, 2.05) is 45.0 Å². The fraction of sp³-hybridized carbons (Fsp3) is 0.400. The van der Waals surface area contributed by atoms with Crippen molar-refractivity contribution >= 4 is 34.7 Å². The van der Waals surface area contributed by atoms with Crippen molar-refractivity contribution in [2.45, 2.75) is 56.2 Å². The van der Waals surface area contributed by atoms with Gasteiger partial charge in [-0.15, -0.1) is 0 Å². The molecule has 9 nitrogen and oxygen atoms in total. The molecule has 4 rings (SSSR count). The van der Waals surface area contributed by atoms with Crippen molar-refractivity contribution in [3.63, 3.8) is 0 Å². The molecule has 1 aliphatic rings. The summed E-state index contributed by atoms with van der Waals surface area (Å²) in [6, 6.07) is 13.5. The Labute approximate surface area is 208 Å². The molecule has 1 amide bonds. The molecule has 0 aliphatic carbocycles. The lowest BCUT2D eigenvalue weighted by Crippen LogP contribution is -2.44. The number of aromatic nitrogens is 2. The molecule has 0 spiro atoms. The second-order valence-electron chi connectivity index (χ2n) is 9.48. The van der Waals surface area contributed by atoms with Crippen LogP contribution in [0.3, 0.4) is 0 Å². The maximum atomic E-state index is 12.2. The number of carbonyl (C=O) groups excluding carboxylic acids is 1. The molecule has 186 valence electrons. The lowest BCUT2D eigenvalue weighted by Gasteiger charge is -2.33. The quantitative estimate of drug-likeness (QED) is 0.148. The van der Waals surface area contributed by atoms with E-state index in [0.29, 0.717) is 18.7 Å². The smallest absolute Gasteiger partial charge is 0.410 e. The normalized spacial score (nSPS) is 15.4. The molecular weight excluding hydrogens is 466 g/mol. The Balaban J connectivity index is 1.26. The second kappa shape index (κ2) is 10.5. The van der Waals surface area contributed by atoms with Crippen LogP contribution < -0.4 is 10.5 Å². The molecule has 10 heteroatoms. The van der Waals surface area contributed by atoms with Gasteiger partial charge < -0.3 is 30.3 Å². The molecule has 0 bridgehead atoms. The number of hydrogen-bond acceptors (Lipinski definition) is 7. The van der Waals surface area contributed by atoms with Gasteiger partial charge in [-0.25, -0.2) is 9.78 Å². The predicted octanol–water partition coefficient (Wildman–Crippen LogP) is 4.73. The summed E-state index contributed by atoms with van der Waals surface area (Å²) in [5, 5.41) is 12.7. The number of benzene rings is 2. The van der Waals surface area contributed by atoms with Gasteiger partial charge in [0, 0.05) is 37.2 Å². The molecule has 0 unspecified atom stereocenters. The maximum absolute atomic E-state index is 12.2. The van der Waals surface area contributed by atoms with E-state index in [0.717, 1.165) is 46.1 Å². The Morgan fingerprint density at radius 2 is 1.94 bits per heavy atom. The van der Waals surface area contributed by atoms with Crippen molar-refractivity contribution in [2.75, 3.05) is 13.1 Å². The van der Waals surface area contributed by atoms with Crippen LogP contribution in [-0.4, -0.2) is 56.8 Å². The van der Waals surface area contributed by atoms with Crippen LogP contribution in [0.1, 0.15) is 44.7 Å². The van der Waals surface area contributed by atoms with Gasteiger partial charge in [0.15, 0.2) is 11.0 Å². The molecule has 0 atom stereocenters. The highest BCUT2D eigenvalue weighted by molar-refractivity contribution is 7.98. The largest absolute Gasteiger partial charge is 0.490 e. The average molecular weight is 498 g/mol. The second-order valence-corrected chi connectivity index (χ2v) is 10.4. The first-order valence-electron chi connectivity index (χ1n) is 11.5. The van der Waals surface area contributed by atoms with Crippen molar-refractivity contribution in [3.05, 3.63) is 53.6 Å². The van der Waals surface area contributed by atoms with Gasteiger partial charge in [-0.1, -0.05) is 29.1 Å². The third kappa shape index (κ3) is 6.60. The SMILES string of the molecule is CC(C)(C)OC(=O)N1CCC(Oc2ccc(CSc3nc4ccc(C(N)=NO)cc4[nH]3)cc2)CC1. The molecule has 1 fully saturated rings. The van der Waals surface area contributed by atoms with E-state index in [4.69, 9.17) is 20.4 Å². The summed E-state index contributed by atoms with van der Waals surface area (Å²) in [6.07, 6.45) is 1.38. The van der Waals surface area contributed by atoms with Crippen molar-refractivity contribution in [1.82, 2.24) is 14.9 Å². The predicted molar refractivity (Wildman–Crippen MR) is 136 cm³/mol. The highest BCUT2D eigenvalue weighted by Gasteiger charge is 2.27. The molecule has 1 aromatic heterocycles. The van der Waals surface area contributed by atoms with Gasteiger partial charge in [-0.2, -0.15) is 0 Å². The first kappa shape index (κ1) is 24.7. The van der Waals surface area contributed by atoms with Crippen LogP contribution in [0.4, 0.5) is 4.79 Å². The third-order valence-electron chi connectivity index (χ3n) is 5.56. The van der Waals surface area contributed by atoms with E-state index in [-0.39, 0.29) is 18.0 Å². The van der Waals surface area contributed by atoms with Crippen LogP contribution in [0.5, 0.6) is 5.75 Å². The topological polar surface area (TPSA) is 126 Å². The Morgan fingerprint density at radius 1 is 1.23 bits per heavy atom. The third-order valence-corrected chi connectivity index (χ3v) is 6.50. The van der Waals surface area contributed by atoms with Gasteiger partial charge in [0.25, 0.3) is 0 Å². The number of H-pyrrole nitrogens is 1. The van der Waals surface area contributed by atoms with Crippen molar-refractivity contribution < 1.29 is 19.5 Å². The minimum absolute atomic E-state index is 0.0617. The Hall–Kier alpha value is -3.40. The number of thioether (sulfide) groups is 1. The first-order valence-corrected chi connectivity index (χ1v) is 12.5. The molecule has 0 saturated carbocycles. The van der Waals surface area contributed by atoms with E-state index in [9.17, 15) is 4.79 Å². The lowest BCUT2D eigenvalue weighted by atomic mass is 10.1. The summed E-state index contributed by atoms with van der Waals surface area (Å²) in [6.45, 7) is 6.89. The number of fused-ring (bicyclic) bond motifs is 1.